The minimum Gasteiger partial charge on any atom is -0.480 e. The molecule has 1 aromatic heterocycles. The molecule has 1 saturated carbocycles. The molecule has 1 N–H and O–H groups in total. The van der Waals surface area contributed by atoms with E-state index in [2.05, 4.69) is 0 Å². The number of carboxylic acids is 1. The van der Waals surface area contributed by atoms with Crippen LogP contribution in [0.2, 0.25) is 0 Å². The maximum atomic E-state index is 12.7. The Morgan fingerprint density at radius 1 is 1.35 bits per heavy atom. The summed E-state index contributed by atoms with van der Waals surface area (Å²) in [5.41, 5.74) is 0.632. The van der Waals surface area contributed by atoms with Crippen molar-refractivity contribution < 1.29 is 14.7 Å². The molecule has 0 bridgehead atoms. The van der Waals surface area contributed by atoms with Gasteiger partial charge in [-0.2, -0.15) is 11.8 Å². The van der Waals surface area contributed by atoms with Gasteiger partial charge in [0.25, 0.3) is 5.91 Å². The van der Waals surface area contributed by atoms with Crippen molar-refractivity contribution in [1.29, 1.82) is 0 Å². The fraction of sp³-hybridized carbons (Fsp3) is 0.571. The van der Waals surface area contributed by atoms with E-state index in [-0.39, 0.29) is 5.91 Å². The van der Waals surface area contributed by atoms with Crippen molar-refractivity contribution in [2.24, 2.45) is 0 Å². The van der Waals surface area contributed by atoms with Gasteiger partial charge in [-0.3, -0.25) is 4.79 Å². The van der Waals surface area contributed by atoms with E-state index < -0.39 is 12.0 Å². The molecule has 1 saturated heterocycles. The molecule has 0 aromatic carbocycles. The zero-order valence-corrected chi connectivity index (χ0v) is 12.0. The molecule has 0 radical (unpaired) electrons. The first-order chi connectivity index (χ1) is 9.68. The standard InChI is InChI=1S/C14H18N2O3S/c17-13(16-7-8-20-9-12(16)14(18)19)11-5-2-6-15(11)10-3-1-4-10/h2,5-6,10,12H,1,3-4,7-9H2,(H,18,19). The predicted octanol–water partition coefficient (Wildman–Crippen LogP) is 1.86. The van der Waals surface area contributed by atoms with Crippen molar-refractivity contribution in [2.45, 2.75) is 31.3 Å². The molecule has 108 valence electrons. The highest BCUT2D eigenvalue weighted by Gasteiger charge is 2.34. The van der Waals surface area contributed by atoms with Crippen LogP contribution in [0.3, 0.4) is 0 Å². The van der Waals surface area contributed by atoms with E-state index in [1.807, 2.05) is 16.8 Å². The Kier molecular flexibility index (Phi) is 3.74. The van der Waals surface area contributed by atoms with Crippen LogP contribution >= 0.6 is 11.8 Å². The van der Waals surface area contributed by atoms with Gasteiger partial charge in [0.2, 0.25) is 0 Å². The maximum absolute atomic E-state index is 12.7. The van der Waals surface area contributed by atoms with E-state index in [4.69, 9.17) is 0 Å². The number of carboxylic acid groups (broad SMARTS) is 1. The first kappa shape index (κ1) is 13.5. The molecule has 2 aliphatic rings. The summed E-state index contributed by atoms with van der Waals surface area (Å²) in [6.07, 6.45) is 5.35. The molecule has 1 aromatic rings. The van der Waals surface area contributed by atoms with E-state index in [0.29, 0.717) is 24.0 Å². The van der Waals surface area contributed by atoms with Crippen LogP contribution in [0.4, 0.5) is 0 Å². The number of thioether (sulfide) groups is 1. The zero-order valence-electron chi connectivity index (χ0n) is 11.2. The summed E-state index contributed by atoms with van der Waals surface area (Å²) in [5.74, 6) is 0.229. The lowest BCUT2D eigenvalue weighted by molar-refractivity contribution is -0.141. The van der Waals surface area contributed by atoms with Crippen molar-refractivity contribution >= 4 is 23.6 Å². The van der Waals surface area contributed by atoms with E-state index in [1.165, 1.54) is 11.3 Å². The second kappa shape index (κ2) is 5.52. The summed E-state index contributed by atoms with van der Waals surface area (Å²) < 4.78 is 2.02. The molecule has 1 unspecified atom stereocenters. The van der Waals surface area contributed by atoms with Crippen molar-refractivity contribution in [3.8, 4) is 0 Å². The Morgan fingerprint density at radius 3 is 2.80 bits per heavy atom. The molecule has 1 amide bonds. The molecule has 3 rings (SSSR count). The average molecular weight is 294 g/mol. The molecule has 6 heteroatoms. The average Bonchev–Trinajstić information content (AvgIpc) is 2.85. The third-order valence-electron chi connectivity index (χ3n) is 4.14. The molecule has 20 heavy (non-hydrogen) atoms. The Morgan fingerprint density at radius 2 is 2.15 bits per heavy atom. The van der Waals surface area contributed by atoms with Gasteiger partial charge in [0.15, 0.2) is 0 Å². The number of aromatic nitrogens is 1. The van der Waals surface area contributed by atoms with Crippen LogP contribution in [0.15, 0.2) is 18.3 Å². The fourth-order valence-corrected chi connectivity index (χ4v) is 3.80. The summed E-state index contributed by atoms with van der Waals surface area (Å²) >= 11 is 1.59. The number of rotatable bonds is 3. The number of aliphatic carboxylic acids is 1. The van der Waals surface area contributed by atoms with Crippen LogP contribution in [-0.2, 0) is 4.79 Å². The Bertz CT molecular complexity index is 524. The lowest BCUT2D eigenvalue weighted by atomic mass is 9.93. The molecule has 2 fully saturated rings. The van der Waals surface area contributed by atoms with Crippen molar-refractivity contribution in [3.63, 3.8) is 0 Å². The highest BCUT2D eigenvalue weighted by atomic mass is 32.2. The number of hydrogen-bond acceptors (Lipinski definition) is 3. The highest BCUT2D eigenvalue weighted by molar-refractivity contribution is 7.99. The van der Waals surface area contributed by atoms with Gasteiger partial charge in [-0.05, 0) is 31.4 Å². The van der Waals surface area contributed by atoms with Crippen molar-refractivity contribution in [1.82, 2.24) is 9.47 Å². The monoisotopic (exact) mass is 294 g/mol. The Balaban J connectivity index is 1.83. The van der Waals surface area contributed by atoms with Gasteiger partial charge in [0.05, 0.1) is 0 Å². The second-order valence-electron chi connectivity index (χ2n) is 5.31. The molecule has 1 atom stereocenters. The van der Waals surface area contributed by atoms with E-state index >= 15 is 0 Å². The van der Waals surface area contributed by atoms with Gasteiger partial charge >= 0.3 is 5.97 Å². The quantitative estimate of drug-likeness (QED) is 0.924. The third kappa shape index (κ3) is 2.32. The van der Waals surface area contributed by atoms with E-state index in [0.717, 1.165) is 18.6 Å². The highest BCUT2D eigenvalue weighted by Crippen LogP contribution is 2.33. The molecule has 0 spiro atoms. The summed E-state index contributed by atoms with van der Waals surface area (Å²) in [7, 11) is 0. The topological polar surface area (TPSA) is 62.5 Å². The number of amides is 1. The van der Waals surface area contributed by atoms with Crippen LogP contribution in [0, 0.1) is 0 Å². The fourth-order valence-electron chi connectivity index (χ4n) is 2.76. The first-order valence-electron chi connectivity index (χ1n) is 6.97. The summed E-state index contributed by atoms with van der Waals surface area (Å²) in [6, 6.07) is 3.39. The van der Waals surface area contributed by atoms with Gasteiger partial charge in [0, 0.05) is 30.3 Å². The number of carbonyl (C=O) groups is 2. The minimum absolute atomic E-state index is 0.144. The molecule has 5 nitrogen and oxygen atoms in total. The second-order valence-corrected chi connectivity index (χ2v) is 6.46. The largest absolute Gasteiger partial charge is 0.480 e. The van der Waals surface area contributed by atoms with Gasteiger partial charge in [-0.15, -0.1) is 0 Å². The third-order valence-corrected chi connectivity index (χ3v) is 5.16. The smallest absolute Gasteiger partial charge is 0.327 e. The predicted molar refractivity (Wildman–Crippen MR) is 77.1 cm³/mol. The minimum atomic E-state index is -0.910. The lowest BCUT2D eigenvalue weighted by Crippen LogP contribution is -2.50. The summed E-state index contributed by atoms with van der Waals surface area (Å²) in [6.45, 7) is 0.510. The number of hydrogen-bond donors (Lipinski definition) is 1. The van der Waals surface area contributed by atoms with Crippen molar-refractivity contribution in [3.05, 3.63) is 24.0 Å². The molecule has 1 aliphatic carbocycles. The van der Waals surface area contributed by atoms with Gasteiger partial charge in [-0.25, -0.2) is 4.79 Å². The summed E-state index contributed by atoms with van der Waals surface area (Å²) in [4.78, 5) is 25.5. The van der Waals surface area contributed by atoms with Crippen LogP contribution < -0.4 is 0 Å². The zero-order chi connectivity index (χ0) is 14.1. The Hall–Kier alpha value is -1.43. The van der Waals surface area contributed by atoms with Gasteiger partial charge in [-0.1, -0.05) is 0 Å². The van der Waals surface area contributed by atoms with Crippen LogP contribution in [0.1, 0.15) is 35.8 Å². The van der Waals surface area contributed by atoms with Gasteiger partial charge < -0.3 is 14.6 Å². The SMILES string of the molecule is O=C(O)C1CSCCN1C(=O)c1cccn1C1CCC1. The maximum Gasteiger partial charge on any atom is 0.327 e. The molecular weight excluding hydrogens is 276 g/mol. The molecule has 2 heterocycles. The first-order valence-corrected chi connectivity index (χ1v) is 8.12. The molecular formula is C14H18N2O3S. The normalized spacial score (nSPS) is 23.4. The lowest BCUT2D eigenvalue weighted by Gasteiger charge is -2.34. The van der Waals surface area contributed by atoms with E-state index in [9.17, 15) is 14.7 Å². The van der Waals surface area contributed by atoms with Crippen molar-refractivity contribution in [2.75, 3.05) is 18.1 Å². The van der Waals surface area contributed by atoms with Crippen LogP contribution in [-0.4, -0.2) is 50.5 Å². The Labute approximate surface area is 121 Å². The van der Waals surface area contributed by atoms with Crippen LogP contribution in [0.25, 0.3) is 0 Å². The van der Waals surface area contributed by atoms with E-state index in [1.54, 1.807) is 17.8 Å². The molecule has 1 aliphatic heterocycles. The number of nitrogens with zero attached hydrogens (tertiary/aromatic N) is 2. The summed E-state index contributed by atoms with van der Waals surface area (Å²) in [5, 5.41) is 9.28. The van der Waals surface area contributed by atoms with Crippen LogP contribution in [0.5, 0.6) is 0 Å². The van der Waals surface area contributed by atoms with Gasteiger partial charge in [0.1, 0.15) is 11.7 Å². The number of carbonyl (C=O) groups excluding carboxylic acids is 1.